The van der Waals surface area contributed by atoms with Crippen LogP contribution in [-0.2, 0) is 6.54 Å². The predicted molar refractivity (Wildman–Crippen MR) is 89.6 cm³/mol. The van der Waals surface area contributed by atoms with Gasteiger partial charge in [0, 0.05) is 31.0 Å². The minimum Gasteiger partial charge on any atom is -0.357 e. The third-order valence-electron chi connectivity index (χ3n) is 4.01. The Kier molecular flexibility index (Phi) is 4.02. The minimum atomic E-state index is -0.0266. The highest BCUT2D eigenvalue weighted by molar-refractivity contribution is 5.92. The fourth-order valence-corrected chi connectivity index (χ4v) is 2.70. The number of rotatable bonds is 4. The molecule has 0 bridgehead atoms. The molecule has 0 radical (unpaired) electrons. The fraction of sp³-hybridized carbons (Fsp3) is 0.222. The van der Waals surface area contributed by atoms with Crippen molar-refractivity contribution in [1.29, 1.82) is 0 Å². The largest absolute Gasteiger partial charge is 0.357 e. The summed E-state index contributed by atoms with van der Waals surface area (Å²) in [5, 5.41) is 4.63. The van der Waals surface area contributed by atoms with Gasteiger partial charge in [-0.05, 0) is 38.1 Å². The fourth-order valence-electron chi connectivity index (χ4n) is 2.70. The lowest BCUT2D eigenvalue weighted by molar-refractivity contribution is 0.0779. The van der Waals surface area contributed by atoms with Crippen molar-refractivity contribution in [1.82, 2.24) is 19.7 Å². The van der Waals surface area contributed by atoms with Crippen LogP contribution in [0.15, 0.2) is 48.7 Å². The maximum Gasteiger partial charge on any atom is 0.270 e. The van der Waals surface area contributed by atoms with Crippen LogP contribution in [0.1, 0.15) is 27.4 Å². The third-order valence-corrected chi connectivity index (χ3v) is 4.01. The molecule has 0 saturated heterocycles. The van der Waals surface area contributed by atoms with E-state index >= 15 is 0 Å². The van der Waals surface area contributed by atoms with Gasteiger partial charge in [-0.25, -0.2) is 4.68 Å². The lowest BCUT2D eigenvalue weighted by atomic mass is 10.2. The summed E-state index contributed by atoms with van der Waals surface area (Å²) in [7, 11) is 1.81. The molecule has 23 heavy (non-hydrogen) atoms. The van der Waals surface area contributed by atoms with Gasteiger partial charge in [0.1, 0.15) is 5.69 Å². The van der Waals surface area contributed by atoms with Gasteiger partial charge in [-0.3, -0.25) is 4.79 Å². The summed E-state index contributed by atoms with van der Waals surface area (Å²) < 4.78 is 1.93. The highest BCUT2D eigenvalue weighted by atomic mass is 16.2. The number of amides is 1. The number of nitrogens with one attached hydrogen (secondary N) is 1. The van der Waals surface area contributed by atoms with Gasteiger partial charge in [-0.1, -0.05) is 18.2 Å². The Balaban J connectivity index is 1.86. The average molecular weight is 308 g/mol. The number of aromatic amines is 1. The number of H-pyrrole nitrogens is 1. The summed E-state index contributed by atoms with van der Waals surface area (Å²) in [6.45, 7) is 4.55. The zero-order chi connectivity index (χ0) is 16.4. The molecular formula is C18H20N4O. The van der Waals surface area contributed by atoms with E-state index in [2.05, 4.69) is 10.1 Å². The first-order valence-electron chi connectivity index (χ1n) is 7.57. The van der Waals surface area contributed by atoms with Crippen molar-refractivity contribution in [3.8, 4) is 5.69 Å². The van der Waals surface area contributed by atoms with E-state index in [4.69, 9.17) is 0 Å². The van der Waals surface area contributed by atoms with E-state index in [1.807, 2.05) is 62.0 Å². The van der Waals surface area contributed by atoms with Crippen LogP contribution in [0.3, 0.4) is 0 Å². The predicted octanol–water partition coefficient (Wildman–Crippen LogP) is 3.09. The van der Waals surface area contributed by atoms with Crippen molar-refractivity contribution in [2.24, 2.45) is 0 Å². The van der Waals surface area contributed by atoms with Crippen LogP contribution in [0.5, 0.6) is 0 Å². The Labute approximate surface area is 135 Å². The van der Waals surface area contributed by atoms with Crippen LogP contribution in [-0.4, -0.2) is 32.6 Å². The second-order valence-electron chi connectivity index (χ2n) is 5.64. The van der Waals surface area contributed by atoms with Gasteiger partial charge >= 0.3 is 0 Å². The molecular weight excluding hydrogens is 288 g/mol. The molecule has 0 unspecified atom stereocenters. The van der Waals surface area contributed by atoms with Crippen molar-refractivity contribution in [3.63, 3.8) is 0 Å². The van der Waals surface area contributed by atoms with Crippen LogP contribution in [0, 0.1) is 13.8 Å². The Hall–Kier alpha value is -2.82. The van der Waals surface area contributed by atoms with E-state index in [0.717, 1.165) is 22.6 Å². The number of carbonyl (C=O) groups excluding carboxylic acids is 1. The van der Waals surface area contributed by atoms with Gasteiger partial charge in [0.05, 0.1) is 11.4 Å². The number of aryl methyl sites for hydroxylation is 1. The number of aromatic nitrogens is 3. The van der Waals surface area contributed by atoms with E-state index in [-0.39, 0.29) is 5.91 Å². The first-order chi connectivity index (χ1) is 11.1. The number of carbonyl (C=O) groups is 1. The molecule has 0 fully saturated rings. The molecule has 0 atom stereocenters. The third kappa shape index (κ3) is 2.90. The molecule has 0 aliphatic rings. The molecule has 5 heteroatoms. The Bertz CT molecular complexity index is 803. The molecule has 1 N–H and O–H groups in total. The molecule has 1 amide bonds. The summed E-state index contributed by atoms with van der Waals surface area (Å²) >= 11 is 0. The number of benzene rings is 1. The van der Waals surface area contributed by atoms with Crippen LogP contribution < -0.4 is 0 Å². The quantitative estimate of drug-likeness (QED) is 0.805. The van der Waals surface area contributed by atoms with Crippen molar-refractivity contribution < 1.29 is 4.79 Å². The molecule has 118 valence electrons. The Morgan fingerprint density at radius 3 is 2.57 bits per heavy atom. The smallest absolute Gasteiger partial charge is 0.270 e. The Morgan fingerprint density at radius 2 is 1.91 bits per heavy atom. The molecule has 2 aromatic heterocycles. The molecule has 0 aliphatic carbocycles. The monoisotopic (exact) mass is 308 g/mol. The number of nitrogens with zero attached hydrogens (tertiary/aromatic N) is 3. The highest BCUT2D eigenvalue weighted by Gasteiger charge is 2.18. The Morgan fingerprint density at radius 1 is 1.17 bits per heavy atom. The topological polar surface area (TPSA) is 53.9 Å². The van der Waals surface area contributed by atoms with Crippen molar-refractivity contribution in [3.05, 3.63) is 71.3 Å². The molecule has 0 saturated carbocycles. The SMILES string of the molecule is Cc1nn(-c2ccccc2)c(C)c1CN(C)C(=O)c1ccc[nH]1. The summed E-state index contributed by atoms with van der Waals surface area (Å²) in [5.41, 5.74) is 4.70. The van der Waals surface area contributed by atoms with E-state index in [1.165, 1.54) is 0 Å². The minimum absolute atomic E-state index is 0.0266. The second kappa shape index (κ2) is 6.12. The average Bonchev–Trinajstić information content (AvgIpc) is 3.19. The zero-order valence-corrected chi connectivity index (χ0v) is 13.6. The molecule has 0 spiro atoms. The van der Waals surface area contributed by atoms with E-state index < -0.39 is 0 Å². The summed E-state index contributed by atoms with van der Waals surface area (Å²) in [5.74, 6) is -0.0266. The van der Waals surface area contributed by atoms with Gasteiger partial charge in [-0.15, -0.1) is 0 Å². The van der Waals surface area contributed by atoms with E-state index in [1.54, 1.807) is 17.2 Å². The number of para-hydroxylation sites is 1. The van der Waals surface area contributed by atoms with E-state index in [9.17, 15) is 4.79 Å². The lowest BCUT2D eigenvalue weighted by Crippen LogP contribution is -2.27. The molecule has 3 rings (SSSR count). The normalized spacial score (nSPS) is 10.7. The molecule has 1 aromatic carbocycles. The van der Waals surface area contributed by atoms with Gasteiger partial charge in [0.2, 0.25) is 0 Å². The maximum absolute atomic E-state index is 12.4. The number of hydrogen-bond acceptors (Lipinski definition) is 2. The van der Waals surface area contributed by atoms with Gasteiger partial charge in [0.25, 0.3) is 5.91 Å². The van der Waals surface area contributed by atoms with Crippen molar-refractivity contribution >= 4 is 5.91 Å². The molecule has 3 aromatic rings. The van der Waals surface area contributed by atoms with Gasteiger partial charge in [-0.2, -0.15) is 5.10 Å². The lowest BCUT2D eigenvalue weighted by Gasteiger charge is -2.16. The first-order valence-corrected chi connectivity index (χ1v) is 7.57. The summed E-state index contributed by atoms with van der Waals surface area (Å²) in [4.78, 5) is 17.0. The molecule has 5 nitrogen and oxygen atoms in total. The van der Waals surface area contributed by atoms with Crippen molar-refractivity contribution in [2.75, 3.05) is 7.05 Å². The first kappa shape index (κ1) is 15.1. The number of hydrogen-bond donors (Lipinski definition) is 1. The summed E-state index contributed by atoms with van der Waals surface area (Å²) in [6, 6.07) is 13.6. The molecule has 2 heterocycles. The standard InChI is InChI=1S/C18H20N4O/c1-13-16(12-21(3)18(23)17-10-7-11-19-17)14(2)22(20-13)15-8-5-4-6-9-15/h4-11,19H,12H2,1-3H3. The molecule has 0 aliphatic heterocycles. The highest BCUT2D eigenvalue weighted by Crippen LogP contribution is 2.19. The maximum atomic E-state index is 12.4. The second-order valence-corrected chi connectivity index (χ2v) is 5.64. The van der Waals surface area contributed by atoms with E-state index in [0.29, 0.717) is 12.2 Å². The van der Waals surface area contributed by atoms with Gasteiger partial charge < -0.3 is 9.88 Å². The van der Waals surface area contributed by atoms with Gasteiger partial charge in [0.15, 0.2) is 0 Å². The van der Waals surface area contributed by atoms with Crippen LogP contribution >= 0.6 is 0 Å². The summed E-state index contributed by atoms with van der Waals surface area (Å²) in [6.07, 6.45) is 1.75. The van der Waals surface area contributed by atoms with Crippen LogP contribution in [0.2, 0.25) is 0 Å². The van der Waals surface area contributed by atoms with Crippen LogP contribution in [0.4, 0.5) is 0 Å². The van der Waals surface area contributed by atoms with Crippen molar-refractivity contribution in [2.45, 2.75) is 20.4 Å². The van der Waals surface area contributed by atoms with Crippen LogP contribution in [0.25, 0.3) is 5.69 Å². The zero-order valence-electron chi connectivity index (χ0n) is 13.6.